The van der Waals surface area contributed by atoms with Gasteiger partial charge >= 0.3 is 23.9 Å². The molecule has 0 radical (unpaired) electrons. The summed E-state index contributed by atoms with van der Waals surface area (Å²) in [5.74, 6) is -18.0. The third kappa shape index (κ3) is 5.94. The van der Waals surface area contributed by atoms with E-state index in [4.69, 9.17) is 0 Å². The summed E-state index contributed by atoms with van der Waals surface area (Å²) in [7, 11) is 0. The largest absolute Gasteiger partial charge is 0.460 e. The van der Waals surface area contributed by atoms with Crippen molar-refractivity contribution in [2.45, 2.75) is 75.3 Å². The second-order valence-corrected chi connectivity index (χ2v) is 5.75. The first kappa shape index (κ1) is 22.7. The predicted molar refractivity (Wildman–Crippen MR) is 71.7 cm³/mol. The van der Waals surface area contributed by atoms with Crippen LogP contribution in [0.1, 0.15) is 51.4 Å². The van der Waals surface area contributed by atoms with Crippen molar-refractivity contribution in [3.8, 4) is 0 Å². The van der Waals surface area contributed by atoms with Crippen molar-refractivity contribution >= 4 is 12.6 Å². The van der Waals surface area contributed by atoms with Gasteiger partial charge in [-0.1, -0.05) is 32.1 Å². The van der Waals surface area contributed by atoms with Gasteiger partial charge in [0.2, 0.25) is 0 Å². The normalized spacial score (nSPS) is 14.3. The van der Waals surface area contributed by atoms with Crippen LogP contribution in [0.2, 0.25) is 0 Å². The first-order valence-corrected chi connectivity index (χ1v) is 7.75. The van der Waals surface area contributed by atoms with Crippen LogP contribution in [0.15, 0.2) is 0 Å². The molecule has 23 heavy (non-hydrogen) atoms. The van der Waals surface area contributed by atoms with Gasteiger partial charge in [-0.3, -0.25) is 0 Å². The fourth-order valence-corrected chi connectivity index (χ4v) is 2.13. The quantitative estimate of drug-likeness (QED) is 0.237. The van der Waals surface area contributed by atoms with E-state index in [1.54, 1.807) is 0 Å². The van der Waals surface area contributed by atoms with E-state index in [2.05, 4.69) is 12.6 Å². The lowest BCUT2D eigenvalue weighted by Gasteiger charge is -2.33. The van der Waals surface area contributed by atoms with Crippen molar-refractivity contribution in [3.63, 3.8) is 0 Å². The second kappa shape index (κ2) is 8.71. The highest BCUT2D eigenvalue weighted by molar-refractivity contribution is 7.80. The van der Waals surface area contributed by atoms with Crippen LogP contribution in [-0.4, -0.2) is 29.7 Å². The molecule has 0 atom stereocenters. The Hall–Kier alpha value is -0.280. The summed E-state index contributed by atoms with van der Waals surface area (Å²) in [6.07, 6.45) is -5.35. The smallest absolute Gasteiger partial charge is 0.200 e. The monoisotopic (exact) mass is 378 g/mol. The average molecular weight is 378 g/mol. The summed E-state index contributed by atoms with van der Waals surface area (Å²) >= 11 is 3.99. The van der Waals surface area contributed by atoms with Crippen molar-refractivity contribution in [2.75, 3.05) is 5.75 Å². The molecule has 0 unspecified atom stereocenters. The fraction of sp³-hybridized carbons (Fsp3) is 1.00. The molecule has 0 heterocycles. The molecule has 0 N–H and O–H groups in total. The van der Waals surface area contributed by atoms with Gasteiger partial charge in [0.25, 0.3) is 0 Å². The zero-order chi connectivity index (χ0) is 18.4. The highest BCUT2D eigenvalue weighted by atomic mass is 32.1. The van der Waals surface area contributed by atoms with Crippen LogP contribution < -0.4 is 0 Å². The van der Waals surface area contributed by atoms with Gasteiger partial charge in [-0.25, -0.2) is 0 Å². The lowest BCUT2D eigenvalue weighted by Crippen LogP contribution is -2.60. The Balaban J connectivity index is 4.41. The van der Waals surface area contributed by atoms with Crippen molar-refractivity contribution in [1.29, 1.82) is 0 Å². The number of alkyl halides is 9. The van der Waals surface area contributed by atoms with Gasteiger partial charge in [0.15, 0.2) is 0 Å². The maximum absolute atomic E-state index is 13.2. The SMILES string of the molecule is FC(F)(F)C(F)(F)C(F)(F)C(F)(F)CCCCCCCCCS. The van der Waals surface area contributed by atoms with Gasteiger partial charge in [0.1, 0.15) is 0 Å². The van der Waals surface area contributed by atoms with Crippen LogP contribution in [-0.2, 0) is 0 Å². The Morgan fingerprint density at radius 3 is 1.30 bits per heavy atom. The van der Waals surface area contributed by atoms with E-state index in [-0.39, 0.29) is 6.42 Å². The van der Waals surface area contributed by atoms with Crippen molar-refractivity contribution in [3.05, 3.63) is 0 Å². The summed E-state index contributed by atoms with van der Waals surface area (Å²) in [5.41, 5.74) is 0. The minimum absolute atomic E-state index is 0.0597. The molecule has 0 nitrogen and oxygen atoms in total. The van der Waals surface area contributed by atoms with Crippen molar-refractivity contribution in [1.82, 2.24) is 0 Å². The molecule has 0 aromatic heterocycles. The Morgan fingerprint density at radius 2 is 0.913 bits per heavy atom. The van der Waals surface area contributed by atoms with Gasteiger partial charge in [-0.05, 0) is 18.6 Å². The van der Waals surface area contributed by atoms with E-state index >= 15 is 0 Å². The van der Waals surface area contributed by atoms with E-state index < -0.39 is 36.8 Å². The summed E-state index contributed by atoms with van der Waals surface area (Å²) in [4.78, 5) is 0. The Bertz CT molecular complexity index is 339. The molecule has 0 amide bonds. The molecule has 0 rings (SSSR count). The minimum Gasteiger partial charge on any atom is -0.200 e. The molecule has 0 aliphatic carbocycles. The number of hydrogen-bond donors (Lipinski definition) is 1. The summed E-state index contributed by atoms with van der Waals surface area (Å²) < 4.78 is 113. The molecule has 0 aromatic carbocycles. The zero-order valence-corrected chi connectivity index (χ0v) is 13.1. The molecule has 0 aromatic rings. The molecule has 0 saturated carbocycles. The molecule has 10 heteroatoms. The van der Waals surface area contributed by atoms with Crippen LogP contribution in [0.3, 0.4) is 0 Å². The molecule has 0 bridgehead atoms. The average Bonchev–Trinajstić information content (AvgIpc) is 2.40. The minimum atomic E-state index is -6.78. The number of hydrogen-bond acceptors (Lipinski definition) is 1. The lowest BCUT2D eigenvalue weighted by molar-refractivity contribution is -0.396. The van der Waals surface area contributed by atoms with Crippen molar-refractivity contribution < 1.29 is 39.5 Å². The Morgan fingerprint density at radius 1 is 0.522 bits per heavy atom. The third-order valence-electron chi connectivity index (χ3n) is 3.36. The first-order chi connectivity index (χ1) is 10.3. The van der Waals surface area contributed by atoms with Gasteiger partial charge in [0.05, 0.1) is 0 Å². The number of halogens is 9. The molecule has 0 spiro atoms. The van der Waals surface area contributed by atoms with Crippen LogP contribution in [0.25, 0.3) is 0 Å². The van der Waals surface area contributed by atoms with Gasteiger partial charge < -0.3 is 0 Å². The van der Waals surface area contributed by atoms with Gasteiger partial charge in [-0.2, -0.15) is 52.1 Å². The topological polar surface area (TPSA) is 0 Å². The van der Waals surface area contributed by atoms with E-state index in [9.17, 15) is 39.5 Å². The van der Waals surface area contributed by atoms with E-state index in [1.165, 1.54) is 0 Å². The van der Waals surface area contributed by atoms with E-state index in [0.29, 0.717) is 18.6 Å². The number of thiol groups is 1. The third-order valence-corrected chi connectivity index (χ3v) is 3.67. The van der Waals surface area contributed by atoms with E-state index in [1.807, 2.05) is 0 Å². The molecular weight excluding hydrogens is 359 g/mol. The van der Waals surface area contributed by atoms with Gasteiger partial charge in [-0.15, -0.1) is 0 Å². The summed E-state index contributed by atoms with van der Waals surface area (Å²) in [6.45, 7) is 0. The summed E-state index contributed by atoms with van der Waals surface area (Å²) in [6, 6.07) is 0. The van der Waals surface area contributed by atoms with Crippen molar-refractivity contribution in [2.24, 2.45) is 0 Å². The lowest BCUT2D eigenvalue weighted by atomic mass is 9.98. The molecule has 0 fully saturated rings. The summed E-state index contributed by atoms with van der Waals surface area (Å²) in [5, 5.41) is 0. The Labute approximate surface area is 134 Å². The van der Waals surface area contributed by atoms with Crippen LogP contribution >= 0.6 is 12.6 Å². The maximum Gasteiger partial charge on any atom is 0.460 e. The second-order valence-electron chi connectivity index (χ2n) is 5.30. The molecule has 140 valence electrons. The molecule has 0 saturated heterocycles. The molecule has 0 aliphatic heterocycles. The maximum atomic E-state index is 13.2. The fourth-order valence-electron chi connectivity index (χ4n) is 1.91. The van der Waals surface area contributed by atoms with Gasteiger partial charge in [0, 0.05) is 6.42 Å². The molecular formula is C13H19F9S. The van der Waals surface area contributed by atoms with Crippen LogP contribution in [0.5, 0.6) is 0 Å². The van der Waals surface area contributed by atoms with E-state index in [0.717, 1.165) is 19.3 Å². The highest BCUT2D eigenvalue weighted by Crippen LogP contribution is 2.54. The van der Waals surface area contributed by atoms with Crippen LogP contribution in [0, 0.1) is 0 Å². The Kier molecular flexibility index (Phi) is 8.60. The first-order valence-electron chi connectivity index (χ1n) is 7.12. The molecule has 0 aliphatic rings. The standard InChI is InChI=1S/C13H19F9S/c14-10(15,8-6-4-2-1-3-5-7-9-23)11(16,17)12(18,19)13(20,21)22/h23H,1-9H2. The number of unbranched alkanes of at least 4 members (excludes halogenated alkanes) is 6. The highest BCUT2D eigenvalue weighted by Gasteiger charge is 2.81. The number of rotatable bonds is 11. The zero-order valence-electron chi connectivity index (χ0n) is 12.2. The predicted octanol–water partition coefficient (Wildman–Crippen LogP) is 6.51. The van der Waals surface area contributed by atoms with Crippen LogP contribution in [0.4, 0.5) is 39.5 Å².